The van der Waals surface area contributed by atoms with Crippen molar-refractivity contribution < 1.29 is 18.0 Å². The van der Waals surface area contributed by atoms with Crippen LogP contribution in [0.2, 0.25) is 5.02 Å². The van der Waals surface area contributed by atoms with Crippen molar-refractivity contribution in [2.24, 2.45) is 0 Å². The Morgan fingerprint density at radius 3 is 2.56 bits per heavy atom. The summed E-state index contributed by atoms with van der Waals surface area (Å²) >= 11 is 5.99. The van der Waals surface area contributed by atoms with Crippen LogP contribution in [0.25, 0.3) is 0 Å². The minimum absolute atomic E-state index is 0.00722. The molecule has 0 bridgehead atoms. The molecule has 144 valence electrons. The Labute approximate surface area is 159 Å². The molecule has 1 aliphatic carbocycles. The molecule has 27 heavy (non-hydrogen) atoms. The minimum atomic E-state index is -4.50. The molecule has 0 unspecified atom stereocenters. The highest BCUT2D eigenvalue weighted by molar-refractivity contribution is 6.33. The molecule has 1 heterocycles. The summed E-state index contributed by atoms with van der Waals surface area (Å²) in [6.45, 7) is 1.67. The van der Waals surface area contributed by atoms with E-state index in [1.807, 2.05) is 0 Å². The van der Waals surface area contributed by atoms with Gasteiger partial charge >= 0.3 is 6.18 Å². The number of rotatable bonds is 4. The van der Waals surface area contributed by atoms with Gasteiger partial charge in [0.1, 0.15) is 5.69 Å². The minimum Gasteiger partial charge on any atom is -0.348 e. The summed E-state index contributed by atoms with van der Waals surface area (Å²) in [5, 5.41) is 5.69. The van der Waals surface area contributed by atoms with Gasteiger partial charge < -0.3 is 10.6 Å². The van der Waals surface area contributed by atoms with E-state index < -0.39 is 11.7 Å². The maximum atomic E-state index is 12.9. The van der Waals surface area contributed by atoms with Gasteiger partial charge in [-0.1, -0.05) is 24.4 Å². The lowest BCUT2D eigenvalue weighted by molar-refractivity contribution is -0.137. The molecule has 1 aliphatic rings. The van der Waals surface area contributed by atoms with Crippen molar-refractivity contribution in [3.05, 3.63) is 46.2 Å². The van der Waals surface area contributed by atoms with Gasteiger partial charge in [0, 0.05) is 11.7 Å². The summed E-state index contributed by atoms with van der Waals surface area (Å²) in [4.78, 5) is 20.7. The van der Waals surface area contributed by atoms with Crippen LogP contribution in [0.15, 0.2) is 24.3 Å². The Balaban J connectivity index is 1.83. The summed E-state index contributed by atoms with van der Waals surface area (Å²) in [5.41, 5.74) is -0.173. The summed E-state index contributed by atoms with van der Waals surface area (Å²) in [7, 11) is 0. The molecule has 0 saturated heterocycles. The second-order valence-electron chi connectivity index (χ2n) is 6.49. The van der Waals surface area contributed by atoms with E-state index in [9.17, 15) is 18.0 Å². The SMILES string of the molecule is Cc1cc(C(=O)NC2CCCC2)nc(Nc2cc(C(F)(F)F)ccc2Cl)n1. The van der Waals surface area contributed by atoms with Crippen LogP contribution in [0.3, 0.4) is 0 Å². The third-order valence-corrected chi connectivity index (χ3v) is 4.65. The van der Waals surface area contributed by atoms with Crippen LogP contribution in [0.1, 0.15) is 47.4 Å². The number of halogens is 4. The van der Waals surface area contributed by atoms with Crippen molar-refractivity contribution >= 4 is 29.1 Å². The maximum Gasteiger partial charge on any atom is 0.416 e. The van der Waals surface area contributed by atoms with Crippen LogP contribution in [0.5, 0.6) is 0 Å². The highest BCUT2D eigenvalue weighted by Gasteiger charge is 2.31. The first-order valence-corrected chi connectivity index (χ1v) is 8.90. The van der Waals surface area contributed by atoms with Gasteiger partial charge in [-0.2, -0.15) is 13.2 Å². The van der Waals surface area contributed by atoms with Gasteiger partial charge in [-0.15, -0.1) is 0 Å². The molecule has 1 fully saturated rings. The molecule has 1 aromatic heterocycles. The van der Waals surface area contributed by atoms with Crippen molar-refractivity contribution in [3.63, 3.8) is 0 Å². The summed E-state index contributed by atoms with van der Waals surface area (Å²) in [6.07, 6.45) is -0.481. The van der Waals surface area contributed by atoms with Crippen LogP contribution in [-0.4, -0.2) is 21.9 Å². The lowest BCUT2D eigenvalue weighted by Gasteiger charge is -2.14. The van der Waals surface area contributed by atoms with E-state index in [0.29, 0.717) is 5.69 Å². The van der Waals surface area contributed by atoms with Crippen molar-refractivity contribution in [1.29, 1.82) is 0 Å². The molecule has 1 amide bonds. The van der Waals surface area contributed by atoms with Gasteiger partial charge in [0.2, 0.25) is 5.95 Å². The first kappa shape index (κ1) is 19.4. The van der Waals surface area contributed by atoms with Crippen LogP contribution < -0.4 is 10.6 Å². The summed E-state index contributed by atoms with van der Waals surface area (Å²) < 4.78 is 38.7. The number of alkyl halides is 3. The first-order chi connectivity index (χ1) is 12.7. The van der Waals surface area contributed by atoms with Gasteiger partial charge in [-0.3, -0.25) is 4.79 Å². The van der Waals surface area contributed by atoms with Crippen LogP contribution in [-0.2, 0) is 6.18 Å². The number of benzene rings is 1. The molecule has 1 aromatic carbocycles. The predicted octanol–water partition coefficient (Wildman–Crippen LogP) is 4.87. The fourth-order valence-electron chi connectivity index (χ4n) is 2.99. The first-order valence-electron chi connectivity index (χ1n) is 8.53. The number of carbonyl (C=O) groups excluding carboxylic acids is 1. The number of hydrogen-bond donors (Lipinski definition) is 2. The third kappa shape index (κ3) is 4.88. The third-order valence-electron chi connectivity index (χ3n) is 4.32. The van der Waals surface area contributed by atoms with Gasteiger partial charge in [0.15, 0.2) is 0 Å². The Morgan fingerprint density at radius 2 is 1.89 bits per heavy atom. The maximum absolute atomic E-state index is 12.9. The number of amides is 1. The molecule has 1 saturated carbocycles. The highest BCUT2D eigenvalue weighted by Crippen LogP contribution is 2.34. The average Bonchev–Trinajstić information content (AvgIpc) is 3.08. The number of nitrogens with zero attached hydrogens (tertiary/aromatic N) is 2. The molecule has 2 aromatic rings. The van der Waals surface area contributed by atoms with Gasteiger partial charge in [-0.25, -0.2) is 9.97 Å². The number of aryl methyl sites for hydroxylation is 1. The number of carbonyl (C=O) groups is 1. The zero-order chi connectivity index (χ0) is 19.6. The second-order valence-corrected chi connectivity index (χ2v) is 6.90. The quantitative estimate of drug-likeness (QED) is 0.770. The molecule has 3 rings (SSSR count). The van der Waals surface area contributed by atoms with Crippen LogP contribution >= 0.6 is 11.6 Å². The van der Waals surface area contributed by atoms with E-state index in [-0.39, 0.29) is 34.3 Å². The topological polar surface area (TPSA) is 66.9 Å². The summed E-state index contributed by atoms with van der Waals surface area (Å²) in [5.74, 6) is -0.321. The molecule has 0 atom stereocenters. The zero-order valence-corrected chi connectivity index (χ0v) is 15.3. The van der Waals surface area contributed by atoms with E-state index in [1.165, 1.54) is 6.07 Å². The monoisotopic (exact) mass is 398 g/mol. The lowest BCUT2D eigenvalue weighted by Crippen LogP contribution is -2.33. The van der Waals surface area contributed by atoms with Crippen molar-refractivity contribution in [1.82, 2.24) is 15.3 Å². The molecule has 0 spiro atoms. The van der Waals surface area contributed by atoms with E-state index in [0.717, 1.165) is 43.9 Å². The molecular formula is C18H18ClF3N4O. The Hall–Kier alpha value is -2.35. The number of aromatic nitrogens is 2. The van der Waals surface area contributed by atoms with Crippen LogP contribution in [0, 0.1) is 6.92 Å². The van der Waals surface area contributed by atoms with Gasteiger partial charge in [-0.05, 0) is 44.0 Å². The second kappa shape index (κ2) is 7.72. The molecular weight excluding hydrogens is 381 g/mol. The standard InChI is InChI=1S/C18H18ClF3N4O/c1-10-8-15(16(27)24-12-4-2-3-5-12)26-17(23-10)25-14-9-11(18(20,21)22)6-7-13(14)19/h6-9,12H,2-5H2,1H3,(H,24,27)(H,23,25,26). The van der Waals surface area contributed by atoms with Crippen molar-refractivity contribution in [2.45, 2.75) is 44.8 Å². The van der Waals surface area contributed by atoms with E-state index in [1.54, 1.807) is 6.92 Å². The lowest BCUT2D eigenvalue weighted by atomic mass is 10.2. The predicted molar refractivity (Wildman–Crippen MR) is 96.2 cm³/mol. The molecule has 0 radical (unpaired) electrons. The molecule has 5 nitrogen and oxygen atoms in total. The number of anilines is 2. The van der Waals surface area contributed by atoms with E-state index in [2.05, 4.69) is 20.6 Å². The van der Waals surface area contributed by atoms with E-state index in [4.69, 9.17) is 11.6 Å². The normalized spacial score (nSPS) is 15.0. The van der Waals surface area contributed by atoms with E-state index >= 15 is 0 Å². The molecule has 9 heteroatoms. The van der Waals surface area contributed by atoms with Crippen molar-refractivity contribution in [3.8, 4) is 0 Å². The Kier molecular flexibility index (Phi) is 5.55. The number of nitrogens with one attached hydrogen (secondary N) is 2. The number of hydrogen-bond acceptors (Lipinski definition) is 4. The highest BCUT2D eigenvalue weighted by atomic mass is 35.5. The smallest absolute Gasteiger partial charge is 0.348 e. The fraction of sp³-hybridized carbons (Fsp3) is 0.389. The Morgan fingerprint density at radius 1 is 1.19 bits per heavy atom. The van der Waals surface area contributed by atoms with Crippen molar-refractivity contribution in [2.75, 3.05) is 5.32 Å². The zero-order valence-electron chi connectivity index (χ0n) is 14.5. The van der Waals surface area contributed by atoms with Gasteiger partial charge in [0.25, 0.3) is 5.91 Å². The summed E-state index contributed by atoms with van der Waals surface area (Å²) in [6, 6.07) is 4.58. The fourth-order valence-corrected chi connectivity index (χ4v) is 3.15. The average molecular weight is 399 g/mol. The molecule has 0 aliphatic heterocycles. The Bertz CT molecular complexity index is 851. The largest absolute Gasteiger partial charge is 0.416 e. The van der Waals surface area contributed by atoms with Crippen LogP contribution in [0.4, 0.5) is 24.8 Å². The van der Waals surface area contributed by atoms with Gasteiger partial charge in [0.05, 0.1) is 16.3 Å². The molecule has 2 N–H and O–H groups in total.